The summed E-state index contributed by atoms with van der Waals surface area (Å²) in [5.41, 5.74) is 2.51. The van der Waals surface area contributed by atoms with Gasteiger partial charge in [-0.3, -0.25) is 4.79 Å². The summed E-state index contributed by atoms with van der Waals surface area (Å²) in [6.45, 7) is 6.15. The van der Waals surface area contributed by atoms with E-state index in [1.807, 2.05) is 43.3 Å². The highest BCUT2D eigenvalue weighted by Crippen LogP contribution is 2.35. The van der Waals surface area contributed by atoms with Crippen molar-refractivity contribution < 1.29 is 24.2 Å². The van der Waals surface area contributed by atoms with Crippen LogP contribution in [0.15, 0.2) is 66.9 Å². The first-order chi connectivity index (χ1) is 16.7. The van der Waals surface area contributed by atoms with E-state index in [4.69, 9.17) is 14.6 Å². The van der Waals surface area contributed by atoms with Crippen molar-refractivity contribution >= 4 is 11.9 Å². The summed E-state index contributed by atoms with van der Waals surface area (Å²) in [6.07, 6.45) is 2.41. The van der Waals surface area contributed by atoms with Gasteiger partial charge >= 0.3 is 6.09 Å². The summed E-state index contributed by atoms with van der Waals surface area (Å²) in [4.78, 5) is 26.6. The second-order valence-corrected chi connectivity index (χ2v) is 9.29. The van der Waals surface area contributed by atoms with Crippen LogP contribution >= 0.6 is 0 Å². The van der Waals surface area contributed by atoms with E-state index < -0.39 is 6.09 Å². The van der Waals surface area contributed by atoms with Gasteiger partial charge in [0.25, 0.3) is 0 Å². The number of Topliss-reactive ketones (excluding diaryl/α,β-unsaturated/α-hetero) is 1. The van der Waals surface area contributed by atoms with Gasteiger partial charge in [-0.2, -0.15) is 0 Å². The van der Waals surface area contributed by atoms with Crippen molar-refractivity contribution in [2.24, 2.45) is 0 Å². The minimum atomic E-state index is -0.990. The maximum atomic E-state index is 11.7. The lowest BCUT2D eigenvalue weighted by Gasteiger charge is -2.35. The third-order valence-electron chi connectivity index (χ3n) is 6.46. The smallest absolute Gasteiger partial charge is 0.404 e. The molecular formula is C28H30N2O5. The molecular weight excluding hydrogens is 444 g/mol. The summed E-state index contributed by atoms with van der Waals surface area (Å²) in [7, 11) is 0. The van der Waals surface area contributed by atoms with Crippen LogP contribution in [-0.4, -0.2) is 34.1 Å². The lowest BCUT2D eigenvalue weighted by molar-refractivity contribution is 0.0833. The molecule has 1 aromatic heterocycles. The van der Waals surface area contributed by atoms with Gasteiger partial charge in [-0.15, -0.1) is 0 Å². The Balaban J connectivity index is 1.36. The molecule has 1 amide bonds. The number of carboxylic acid groups (broad SMARTS) is 1. The van der Waals surface area contributed by atoms with Crippen molar-refractivity contribution in [1.82, 2.24) is 10.3 Å². The summed E-state index contributed by atoms with van der Waals surface area (Å²) < 4.78 is 11.9. The van der Waals surface area contributed by atoms with Crippen molar-refractivity contribution in [3.8, 4) is 17.2 Å². The molecule has 0 atom stereocenters. The van der Waals surface area contributed by atoms with Crippen LogP contribution in [0, 0.1) is 0 Å². The lowest BCUT2D eigenvalue weighted by atomic mass is 9.78. The highest BCUT2D eigenvalue weighted by atomic mass is 16.5. The number of nitrogens with zero attached hydrogens (tertiary/aromatic N) is 1. The second kappa shape index (κ2) is 10.2. The van der Waals surface area contributed by atoms with E-state index >= 15 is 0 Å². The fourth-order valence-electron chi connectivity index (χ4n) is 4.13. The molecule has 0 saturated heterocycles. The average Bonchev–Trinajstić information content (AvgIpc) is 2.83. The number of nitrogens with one attached hydrogen (secondary N) is 1. The van der Waals surface area contributed by atoms with E-state index in [0.717, 1.165) is 16.9 Å². The van der Waals surface area contributed by atoms with E-state index in [2.05, 4.69) is 36.3 Å². The van der Waals surface area contributed by atoms with Gasteiger partial charge in [0.1, 0.15) is 29.0 Å². The van der Waals surface area contributed by atoms with E-state index in [0.29, 0.717) is 36.5 Å². The first-order valence-corrected chi connectivity index (χ1v) is 11.8. The molecule has 2 aromatic carbocycles. The standard InChI is InChI=1S/C28H30N2O5/c1-4-26(31)25-14-13-23(17-29-25)34-21-9-5-18(6-10-21)28(2,3)19-7-11-22(12-8-19)35-24-15-20(16-24)30-27(32)33/h5-14,17,20,24,30H,4,15-16H2,1-3H3,(H,32,33). The first kappa shape index (κ1) is 24.3. The largest absolute Gasteiger partial charge is 0.490 e. The monoisotopic (exact) mass is 474 g/mol. The quantitative estimate of drug-likeness (QED) is 0.371. The van der Waals surface area contributed by atoms with E-state index in [-0.39, 0.29) is 23.3 Å². The second-order valence-electron chi connectivity index (χ2n) is 9.29. The fraction of sp³-hybridized carbons (Fsp3) is 0.321. The Morgan fingerprint density at radius 3 is 2.03 bits per heavy atom. The Bertz CT molecular complexity index is 1170. The third-order valence-corrected chi connectivity index (χ3v) is 6.46. The van der Waals surface area contributed by atoms with Gasteiger partial charge in [-0.1, -0.05) is 45.0 Å². The molecule has 0 radical (unpaired) electrons. The summed E-state index contributed by atoms with van der Waals surface area (Å²) in [5, 5.41) is 11.2. The number of ether oxygens (including phenoxy) is 2. The minimum absolute atomic E-state index is 0.00689. The number of hydrogen-bond acceptors (Lipinski definition) is 5. The number of ketones is 1. The van der Waals surface area contributed by atoms with E-state index in [9.17, 15) is 9.59 Å². The third kappa shape index (κ3) is 5.80. The van der Waals surface area contributed by atoms with Crippen molar-refractivity contribution in [1.29, 1.82) is 0 Å². The van der Waals surface area contributed by atoms with Crippen molar-refractivity contribution in [2.45, 2.75) is 57.6 Å². The minimum Gasteiger partial charge on any atom is -0.490 e. The topological polar surface area (TPSA) is 97.8 Å². The molecule has 1 fully saturated rings. The molecule has 35 heavy (non-hydrogen) atoms. The molecule has 7 nitrogen and oxygen atoms in total. The highest BCUT2D eigenvalue weighted by Gasteiger charge is 2.32. The molecule has 2 N–H and O–H groups in total. The SMILES string of the molecule is CCC(=O)c1ccc(Oc2ccc(C(C)(C)c3ccc(OC4CC(NC(=O)O)C4)cc3)cc2)cn1. The number of amides is 1. The van der Waals surface area contributed by atoms with Crippen LogP contribution < -0.4 is 14.8 Å². The van der Waals surface area contributed by atoms with Gasteiger partial charge in [0.2, 0.25) is 0 Å². The van der Waals surface area contributed by atoms with Gasteiger partial charge in [0.15, 0.2) is 5.78 Å². The Hall–Kier alpha value is -3.87. The number of carbonyl (C=O) groups is 2. The van der Waals surface area contributed by atoms with E-state index in [1.54, 1.807) is 18.3 Å². The number of carbonyl (C=O) groups excluding carboxylic acids is 1. The zero-order valence-corrected chi connectivity index (χ0v) is 20.2. The summed E-state index contributed by atoms with van der Waals surface area (Å²) >= 11 is 0. The van der Waals surface area contributed by atoms with Crippen LogP contribution in [-0.2, 0) is 5.41 Å². The maximum absolute atomic E-state index is 11.7. The molecule has 1 saturated carbocycles. The number of aromatic nitrogens is 1. The van der Waals surface area contributed by atoms with Gasteiger partial charge in [-0.25, -0.2) is 9.78 Å². The molecule has 1 aliphatic carbocycles. The van der Waals surface area contributed by atoms with Crippen molar-refractivity contribution in [3.05, 3.63) is 83.7 Å². The van der Waals surface area contributed by atoms with Crippen LogP contribution in [0.2, 0.25) is 0 Å². The molecule has 1 heterocycles. The number of hydrogen-bond donors (Lipinski definition) is 2. The fourth-order valence-corrected chi connectivity index (χ4v) is 4.13. The molecule has 182 valence electrons. The Kier molecular flexibility index (Phi) is 7.05. The number of benzene rings is 2. The molecule has 1 aliphatic rings. The van der Waals surface area contributed by atoms with Gasteiger partial charge in [0.05, 0.1) is 6.20 Å². The predicted octanol–water partition coefficient (Wildman–Crippen LogP) is 5.97. The summed E-state index contributed by atoms with van der Waals surface area (Å²) in [5.74, 6) is 2.07. The van der Waals surface area contributed by atoms with E-state index in [1.165, 1.54) is 0 Å². The summed E-state index contributed by atoms with van der Waals surface area (Å²) in [6, 6.07) is 19.4. The molecule has 4 rings (SSSR count). The highest BCUT2D eigenvalue weighted by molar-refractivity contribution is 5.93. The maximum Gasteiger partial charge on any atom is 0.404 e. The molecule has 0 aliphatic heterocycles. The lowest BCUT2D eigenvalue weighted by Crippen LogP contribution is -2.48. The molecule has 3 aromatic rings. The zero-order valence-electron chi connectivity index (χ0n) is 20.2. The van der Waals surface area contributed by atoms with Crippen molar-refractivity contribution in [3.63, 3.8) is 0 Å². The van der Waals surface area contributed by atoms with Crippen LogP contribution in [0.4, 0.5) is 4.79 Å². The van der Waals surface area contributed by atoms with Crippen LogP contribution in [0.5, 0.6) is 17.2 Å². The van der Waals surface area contributed by atoms with Crippen LogP contribution in [0.3, 0.4) is 0 Å². The normalized spacial score (nSPS) is 17.2. The molecule has 7 heteroatoms. The van der Waals surface area contributed by atoms with Crippen LogP contribution in [0.1, 0.15) is 61.6 Å². The van der Waals surface area contributed by atoms with Gasteiger partial charge in [-0.05, 0) is 47.5 Å². The molecule has 0 bridgehead atoms. The van der Waals surface area contributed by atoms with Gasteiger partial charge < -0.3 is 19.9 Å². The Morgan fingerprint density at radius 2 is 1.51 bits per heavy atom. The average molecular weight is 475 g/mol. The Morgan fingerprint density at radius 1 is 0.943 bits per heavy atom. The molecule has 0 spiro atoms. The number of pyridine rings is 1. The van der Waals surface area contributed by atoms with Crippen LogP contribution in [0.25, 0.3) is 0 Å². The first-order valence-electron chi connectivity index (χ1n) is 11.8. The zero-order chi connectivity index (χ0) is 25.0. The number of rotatable bonds is 9. The predicted molar refractivity (Wildman–Crippen MR) is 133 cm³/mol. The van der Waals surface area contributed by atoms with Gasteiger partial charge in [0, 0.05) is 30.7 Å². The van der Waals surface area contributed by atoms with Crippen molar-refractivity contribution in [2.75, 3.05) is 0 Å². The Labute approximate surface area is 205 Å². The molecule has 0 unspecified atom stereocenters.